The largest absolute Gasteiger partial charge is 0.350 e. The Hall–Kier alpha value is -3.30. The van der Waals surface area contributed by atoms with Crippen LogP contribution in [0.3, 0.4) is 0 Å². The third kappa shape index (κ3) is 4.47. The number of thiazole rings is 1. The zero-order valence-corrected chi connectivity index (χ0v) is 17.9. The second kappa shape index (κ2) is 8.60. The number of carbonyl (C=O) groups is 2. The Morgan fingerprint density at radius 1 is 1.13 bits per heavy atom. The molecule has 1 aromatic carbocycles. The third-order valence-corrected chi connectivity index (χ3v) is 6.11. The van der Waals surface area contributed by atoms with Crippen molar-refractivity contribution < 1.29 is 9.59 Å². The molecule has 3 N–H and O–H groups in total. The SMILES string of the molecule is CC(=O)NC(C)c1ccc(-c2csc(NC(=O)c3cc(-c4cccs4)[nH]n3)n2)cc1. The van der Waals surface area contributed by atoms with Crippen molar-refractivity contribution in [3.63, 3.8) is 0 Å². The number of hydrogen-bond donors (Lipinski definition) is 3. The van der Waals surface area contributed by atoms with E-state index < -0.39 is 0 Å². The second-order valence-corrected chi connectivity index (χ2v) is 8.49. The molecular weight excluding hydrogens is 418 g/mol. The lowest BCUT2D eigenvalue weighted by Crippen LogP contribution is -2.23. The van der Waals surface area contributed by atoms with Crippen LogP contribution in [-0.4, -0.2) is 27.0 Å². The standard InChI is InChI=1S/C21H19N5O2S2/c1-12(22-13(2)27)14-5-7-15(8-6-14)18-11-30-21(23-18)24-20(28)17-10-16(25-26-17)19-4-3-9-29-19/h3-12H,1-2H3,(H,22,27)(H,25,26)(H,23,24,28). The van der Waals surface area contributed by atoms with Gasteiger partial charge in [0.1, 0.15) is 0 Å². The van der Waals surface area contributed by atoms with E-state index in [4.69, 9.17) is 0 Å². The number of amides is 2. The van der Waals surface area contributed by atoms with E-state index in [1.807, 2.05) is 54.1 Å². The van der Waals surface area contributed by atoms with Crippen LogP contribution in [0.25, 0.3) is 21.8 Å². The molecule has 4 aromatic rings. The maximum Gasteiger partial charge on any atom is 0.277 e. The van der Waals surface area contributed by atoms with Crippen molar-refractivity contribution in [2.75, 3.05) is 5.32 Å². The molecule has 0 aliphatic carbocycles. The predicted molar refractivity (Wildman–Crippen MR) is 120 cm³/mol. The Labute approximate surface area is 181 Å². The fourth-order valence-corrected chi connectivity index (χ4v) is 4.36. The van der Waals surface area contributed by atoms with E-state index in [-0.39, 0.29) is 17.9 Å². The molecule has 3 aromatic heterocycles. The quantitative estimate of drug-likeness (QED) is 0.407. The normalized spacial score (nSPS) is 11.8. The topological polar surface area (TPSA) is 99.8 Å². The van der Waals surface area contributed by atoms with Crippen LogP contribution in [0.4, 0.5) is 5.13 Å². The van der Waals surface area contributed by atoms with Crippen molar-refractivity contribution in [2.24, 2.45) is 0 Å². The number of hydrogen-bond acceptors (Lipinski definition) is 6. The number of nitrogens with zero attached hydrogens (tertiary/aromatic N) is 2. The fourth-order valence-electron chi connectivity index (χ4n) is 2.95. The molecule has 4 rings (SSSR count). The van der Waals surface area contributed by atoms with E-state index in [0.717, 1.165) is 27.4 Å². The molecule has 0 aliphatic rings. The van der Waals surface area contributed by atoms with Gasteiger partial charge in [0.25, 0.3) is 5.91 Å². The van der Waals surface area contributed by atoms with Crippen LogP contribution in [0.5, 0.6) is 0 Å². The van der Waals surface area contributed by atoms with Crippen LogP contribution >= 0.6 is 22.7 Å². The highest BCUT2D eigenvalue weighted by atomic mass is 32.1. The minimum atomic E-state index is -0.311. The molecule has 0 saturated heterocycles. The van der Waals surface area contributed by atoms with Crippen molar-refractivity contribution in [1.82, 2.24) is 20.5 Å². The van der Waals surface area contributed by atoms with Crippen LogP contribution in [0.1, 0.15) is 35.9 Å². The highest BCUT2D eigenvalue weighted by Crippen LogP contribution is 2.27. The van der Waals surface area contributed by atoms with Crippen molar-refractivity contribution in [3.05, 3.63) is 64.5 Å². The highest BCUT2D eigenvalue weighted by molar-refractivity contribution is 7.14. The summed E-state index contributed by atoms with van der Waals surface area (Å²) in [6.07, 6.45) is 0. The summed E-state index contributed by atoms with van der Waals surface area (Å²) in [4.78, 5) is 29.2. The second-order valence-electron chi connectivity index (χ2n) is 6.68. The molecule has 0 fully saturated rings. The summed E-state index contributed by atoms with van der Waals surface area (Å²) in [5.74, 6) is -0.375. The highest BCUT2D eigenvalue weighted by Gasteiger charge is 2.15. The molecule has 1 atom stereocenters. The minimum Gasteiger partial charge on any atom is -0.350 e. The first kappa shape index (κ1) is 20.0. The number of nitrogens with one attached hydrogen (secondary N) is 3. The molecule has 0 aliphatic heterocycles. The number of carbonyl (C=O) groups excluding carboxylic acids is 2. The monoisotopic (exact) mass is 437 g/mol. The van der Waals surface area contributed by atoms with E-state index in [0.29, 0.717) is 10.8 Å². The first-order chi connectivity index (χ1) is 14.5. The molecule has 2 amide bonds. The Morgan fingerprint density at radius 3 is 2.63 bits per heavy atom. The molecule has 1 unspecified atom stereocenters. The van der Waals surface area contributed by atoms with Crippen molar-refractivity contribution in [1.29, 1.82) is 0 Å². The van der Waals surface area contributed by atoms with Gasteiger partial charge in [-0.1, -0.05) is 30.3 Å². The number of aromatic amines is 1. The van der Waals surface area contributed by atoms with Gasteiger partial charge in [-0.05, 0) is 30.0 Å². The molecule has 0 saturated carbocycles. The Kier molecular flexibility index (Phi) is 5.73. The summed E-state index contributed by atoms with van der Waals surface area (Å²) in [6, 6.07) is 13.4. The smallest absolute Gasteiger partial charge is 0.277 e. The molecule has 30 heavy (non-hydrogen) atoms. The summed E-state index contributed by atoms with van der Waals surface area (Å²) in [7, 11) is 0. The molecule has 0 bridgehead atoms. The first-order valence-corrected chi connectivity index (χ1v) is 11.0. The molecule has 0 radical (unpaired) electrons. The van der Waals surface area contributed by atoms with Gasteiger partial charge in [-0.2, -0.15) is 5.10 Å². The number of thiophene rings is 1. The number of H-pyrrole nitrogens is 1. The Balaban J connectivity index is 1.43. The van der Waals surface area contributed by atoms with Gasteiger partial charge in [-0.25, -0.2) is 4.98 Å². The minimum absolute atomic E-state index is 0.0604. The van der Waals surface area contributed by atoms with Crippen molar-refractivity contribution in [2.45, 2.75) is 19.9 Å². The first-order valence-electron chi connectivity index (χ1n) is 9.23. The molecular formula is C21H19N5O2S2. The predicted octanol–water partition coefficient (Wildman–Crippen LogP) is 4.71. The summed E-state index contributed by atoms with van der Waals surface area (Å²) in [5, 5.41) is 17.0. The lowest BCUT2D eigenvalue weighted by molar-refractivity contribution is -0.119. The average Bonchev–Trinajstić information content (AvgIpc) is 3.48. The maximum absolute atomic E-state index is 12.5. The van der Waals surface area contributed by atoms with Gasteiger partial charge in [0.05, 0.1) is 22.3 Å². The Morgan fingerprint density at radius 2 is 1.93 bits per heavy atom. The number of benzene rings is 1. The van der Waals surface area contributed by atoms with Gasteiger partial charge in [-0.15, -0.1) is 22.7 Å². The Bertz CT molecular complexity index is 1160. The molecule has 9 heteroatoms. The van der Waals surface area contributed by atoms with Crippen LogP contribution in [0, 0.1) is 0 Å². The van der Waals surface area contributed by atoms with Crippen LogP contribution in [-0.2, 0) is 4.79 Å². The third-order valence-electron chi connectivity index (χ3n) is 4.45. The summed E-state index contributed by atoms with van der Waals surface area (Å²) < 4.78 is 0. The van der Waals surface area contributed by atoms with E-state index >= 15 is 0 Å². The van der Waals surface area contributed by atoms with E-state index in [1.54, 1.807) is 17.4 Å². The van der Waals surface area contributed by atoms with Crippen molar-refractivity contribution in [3.8, 4) is 21.8 Å². The van der Waals surface area contributed by atoms with E-state index in [9.17, 15) is 9.59 Å². The number of rotatable bonds is 6. The van der Waals surface area contributed by atoms with Crippen molar-refractivity contribution >= 4 is 39.6 Å². The number of aromatic nitrogens is 3. The lowest BCUT2D eigenvalue weighted by Gasteiger charge is -2.12. The zero-order chi connectivity index (χ0) is 21.1. The molecule has 7 nitrogen and oxygen atoms in total. The summed E-state index contributed by atoms with van der Waals surface area (Å²) >= 11 is 2.93. The van der Waals surface area contributed by atoms with Gasteiger partial charge < -0.3 is 5.32 Å². The van der Waals surface area contributed by atoms with Crippen LogP contribution in [0.15, 0.2) is 53.2 Å². The zero-order valence-electron chi connectivity index (χ0n) is 16.3. The van der Waals surface area contributed by atoms with E-state index in [2.05, 4.69) is 25.8 Å². The molecule has 0 spiro atoms. The molecule has 152 valence electrons. The van der Waals surface area contributed by atoms with Gasteiger partial charge in [0.2, 0.25) is 5.91 Å². The van der Waals surface area contributed by atoms with Crippen LogP contribution in [0.2, 0.25) is 0 Å². The van der Waals surface area contributed by atoms with Gasteiger partial charge in [-0.3, -0.25) is 20.0 Å². The summed E-state index contributed by atoms with van der Waals surface area (Å²) in [5.41, 5.74) is 3.84. The van der Waals surface area contributed by atoms with E-state index in [1.165, 1.54) is 18.3 Å². The van der Waals surface area contributed by atoms with Crippen LogP contribution < -0.4 is 10.6 Å². The maximum atomic E-state index is 12.5. The average molecular weight is 438 g/mol. The van der Waals surface area contributed by atoms with Gasteiger partial charge in [0.15, 0.2) is 10.8 Å². The van der Waals surface area contributed by atoms with Gasteiger partial charge in [0, 0.05) is 17.9 Å². The fraction of sp³-hybridized carbons (Fsp3) is 0.143. The lowest BCUT2D eigenvalue weighted by atomic mass is 10.1. The van der Waals surface area contributed by atoms with Gasteiger partial charge >= 0.3 is 0 Å². The number of anilines is 1. The summed E-state index contributed by atoms with van der Waals surface area (Å²) in [6.45, 7) is 3.44. The molecule has 3 heterocycles.